The minimum Gasteiger partial charge on any atom is -0.489 e. The summed E-state index contributed by atoms with van der Waals surface area (Å²) in [4.78, 5) is 4.42. The van der Waals surface area contributed by atoms with Gasteiger partial charge in [0.05, 0.1) is 0 Å². The van der Waals surface area contributed by atoms with Gasteiger partial charge < -0.3 is 24.5 Å². The number of nitrogens with one attached hydrogen (secondary N) is 2. The molecule has 0 aliphatic heterocycles. The number of hydrogen-bond donors (Lipinski definition) is 2. The zero-order valence-electron chi connectivity index (χ0n) is 27.7. The second-order valence-electron chi connectivity index (χ2n) is 15.1. The fourth-order valence-electron chi connectivity index (χ4n) is 4.60. The van der Waals surface area contributed by atoms with Crippen LogP contribution in [0, 0.1) is 0 Å². The molecule has 0 fully saturated rings. The molecule has 41 heavy (non-hydrogen) atoms. The van der Waals surface area contributed by atoms with Crippen molar-refractivity contribution in [2.45, 2.75) is 130 Å². The van der Waals surface area contributed by atoms with Crippen LogP contribution in [0.5, 0.6) is 11.6 Å². The number of nitrogens with zero attached hydrogens (tertiary/aromatic N) is 1. The Kier molecular flexibility index (Phi) is 10.2. The Morgan fingerprint density at radius 1 is 0.780 bits per heavy atom. The van der Waals surface area contributed by atoms with Crippen molar-refractivity contribution in [2.75, 3.05) is 13.1 Å². The highest BCUT2D eigenvalue weighted by atomic mass is 16.5. The summed E-state index contributed by atoms with van der Waals surface area (Å²) in [5, 5.41) is 8.30. The Hall–Kier alpha value is -2.57. The molecule has 2 N–H and O–H groups in total. The van der Waals surface area contributed by atoms with Crippen LogP contribution in [0.3, 0.4) is 0 Å². The molecular formula is C35H55N3O3. The van der Waals surface area contributed by atoms with Crippen molar-refractivity contribution in [3.63, 3.8) is 0 Å². The van der Waals surface area contributed by atoms with Crippen LogP contribution in [-0.2, 0) is 10.8 Å². The fourth-order valence-corrected chi connectivity index (χ4v) is 4.60. The van der Waals surface area contributed by atoms with Crippen LogP contribution in [-0.4, -0.2) is 41.4 Å². The predicted molar refractivity (Wildman–Crippen MR) is 171 cm³/mol. The standard InChI is InChI=1S/C35H55N3O3/c1-24(22-37-33(6,7)8)39-28-13-14-29-26(19-28)20-30(41-29)34(9,10)16-17-35(11,12)38-23-25(2)40-31-21-27(15-18-36-31)32(3,4)5/h13-15,18-21,24-25,37-38H,16-17,22-23H2,1-12H3/t24-,25-/m1/s1. The van der Waals surface area contributed by atoms with Crippen LogP contribution < -0.4 is 20.1 Å². The van der Waals surface area contributed by atoms with Gasteiger partial charge >= 0.3 is 0 Å². The Bertz CT molecular complexity index is 1260. The van der Waals surface area contributed by atoms with E-state index in [9.17, 15) is 0 Å². The maximum absolute atomic E-state index is 6.33. The van der Waals surface area contributed by atoms with E-state index in [0.29, 0.717) is 5.88 Å². The van der Waals surface area contributed by atoms with Crippen LogP contribution in [0.15, 0.2) is 47.0 Å². The van der Waals surface area contributed by atoms with Crippen LogP contribution in [0.2, 0.25) is 0 Å². The number of pyridine rings is 1. The topological polar surface area (TPSA) is 68.5 Å². The SMILES string of the molecule is C[C@H](CNC(C)(C)C)Oc1ccc2oc(C(C)(C)CCC(C)(C)NC[C@@H](C)Oc3cc(C(C)(C)C)ccn3)cc2c1. The predicted octanol–water partition coefficient (Wildman–Crippen LogP) is 8.17. The van der Waals surface area contributed by atoms with Crippen LogP contribution in [0.25, 0.3) is 11.0 Å². The minimum atomic E-state index is -0.109. The average Bonchev–Trinajstić information content (AvgIpc) is 3.29. The van der Waals surface area contributed by atoms with Gasteiger partial charge in [-0.25, -0.2) is 4.98 Å². The van der Waals surface area contributed by atoms with Crippen molar-refractivity contribution in [1.82, 2.24) is 15.6 Å². The molecule has 6 nitrogen and oxygen atoms in total. The van der Waals surface area contributed by atoms with E-state index in [2.05, 4.69) is 123 Å². The lowest BCUT2D eigenvalue weighted by atomic mass is 9.81. The van der Waals surface area contributed by atoms with Crippen molar-refractivity contribution in [2.24, 2.45) is 0 Å². The highest BCUT2D eigenvalue weighted by molar-refractivity contribution is 5.79. The summed E-state index contributed by atoms with van der Waals surface area (Å²) in [6.45, 7) is 27.9. The van der Waals surface area contributed by atoms with E-state index in [1.807, 2.05) is 18.3 Å². The van der Waals surface area contributed by atoms with Crippen molar-refractivity contribution in [3.8, 4) is 11.6 Å². The van der Waals surface area contributed by atoms with Crippen LogP contribution >= 0.6 is 0 Å². The van der Waals surface area contributed by atoms with Gasteiger partial charge in [0.15, 0.2) is 0 Å². The second kappa shape index (κ2) is 12.7. The van der Waals surface area contributed by atoms with E-state index < -0.39 is 0 Å². The molecule has 0 saturated heterocycles. The third-order valence-corrected chi connectivity index (χ3v) is 7.58. The molecule has 0 spiro atoms. The van der Waals surface area contributed by atoms with Crippen molar-refractivity contribution >= 4 is 11.0 Å². The summed E-state index contributed by atoms with van der Waals surface area (Å²) in [7, 11) is 0. The number of fused-ring (bicyclic) bond motifs is 1. The zero-order valence-corrected chi connectivity index (χ0v) is 27.7. The van der Waals surface area contributed by atoms with Crippen molar-refractivity contribution in [1.29, 1.82) is 0 Å². The third kappa shape index (κ3) is 10.3. The largest absolute Gasteiger partial charge is 0.489 e. The van der Waals surface area contributed by atoms with E-state index in [1.165, 1.54) is 5.56 Å². The number of furan rings is 1. The van der Waals surface area contributed by atoms with Crippen LogP contribution in [0.1, 0.15) is 107 Å². The van der Waals surface area contributed by atoms with Gasteiger partial charge in [-0.1, -0.05) is 34.6 Å². The average molecular weight is 566 g/mol. The monoisotopic (exact) mass is 565 g/mol. The molecule has 2 atom stereocenters. The maximum Gasteiger partial charge on any atom is 0.213 e. The lowest BCUT2D eigenvalue weighted by Crippen LogP contribution is -2.44. The number of hydrogen-bond acceptors (Lipinski definition) is 6. The summed E-state index contributed by atoms with van der Waals surface area (Å²) in [5.74, 6) is 2.55. The summed E-state index contributed by atoms with van der Waals surface area (Å²) in [6.07, 6.45) is 3.88. The van der Waals surface area contributed by atoms with E-state index in [0.717, 1.165) is 48.4 Å². The number of aromatic nitrogens is 1. The first-order valence-corrected chi connectivity index (χ1v) is 15.2. The molecule has 0 amide bonds. The first-order chi connectivity index (χ1) is 18.8. The summed E-state index contributed by atoms with van der Waals surface area (Å²) in [5.41, 5.74) is 2.09. The first-order valence-electron chi connectivity index (χ1n) is 15.2. The normalized spacial score (nSPS) is 14.7. The quantitative estimate of drug-likeness (QED) is 0.218. The third-order valence-electron chi connectivity index (χ3n) is 7.58. The lowest BCUT2D eigenvalue weighted by molar-refractivity contribution is 0.186. The van der Waals surface area contributed by atoms with Gasteiger partial charge in [-0.3, -0.25) is 0 Å². The van der Waals surface area contributed by atoms with Gasteiger partial charge in [-0.15, -0.1) is 0 Å². The first kappa shape index (κ1) is 32.9. The van der Waals surface area contributed by atoms with Gasteiger partial charge in [-0.05, 0) is 103 Å². The fraction of sp³-hybridized carbons (Fsp3) is 0.629. The van der Waals surface area contributed by atoms with Gasteiger partial charge in [-0.2, -0.15) is 0 Å². The van der Waals surface area contributed by atoms with E-state index in [-0.39, 0.29) is 34.1 Å². The molecule has 228 valence electrons. The second-order valence-corrected chi connectivity index (χ2v) is 15.1. The Morgan fingerprint density at radius 2 is 1.44 bits per heavy atom. The Balaban J connectivity index is 1.55. The number of benzene rings is 1. The van der Waals surface area contributed by atoms with E-state index >= 15 is 0 Å². The number of rotatable bonds is 13. The molecule has 3 aromatic rings. The molecule has 0 bridgehead atoms. The Labute approximate surface area is 249 Å². The molecule has 0 unspecified atom stereocenters. The van der Waals surface area contributed by atoms with Crippen molar-refractivity contribution in [3.05, 3.63) is 53.9 Å². The molecule has 6 heteroatoms. The van der Waals surface area contributed by atoms with E-state index in [1.54, 1.807) is 0 Å². The molecule has 3 rings (SSSR count). The van der Waals surface area contributed by atoms with Gasteiger partial charge in [0.2, 0.25) is 5.88 Å². The Morgan fingerprint density at radius 3 is 2.10 bits per heavy atom. The molecule has 0 saturated carbocycles. The molecular weight excluding hydrogens is 510 g/mol. The van der Waals surface area contributed by atoms with Gasteiger partial charge in [0.25, 0.3) is 0 Å². The molecule has 0 radical (unpaired) electrons. The molecule has 2 heterocycles. The number of ether oxygens (including phenoxy) is 2. The lowest BCUT2D eigenvalue weighted by Gasteiger charge is -2.32. The molecule has 2 aromatic heterocycles. The molecule has 0 aliphatic rings. The smallest absolute Gasteiger partial charge is 0.213 e. The molecule has 1 aromatic carbocycles. The van der Waals surface area contributed by atoms with Gasteiger partial charge in [0.1, 0.15) is 29.3 Å². The summed E-state index contributed by atoms with van der Waals surface area (Å²) >= 11 is 0. The van der Waals surface area contributed by atoms with E-state index in [4.69, 9.17) is 13.9 Å². The van der Waals surface area contributed by atoms with Crippen molar-refractivity contribution < 1.29 is 13.9 Å². The van der Waals surface area contributed by atoms with Crippen LogP contribution in [0.4, 0.5) is 0 Å². The zero-order chi connectivity index (χ0) is 30.6. The highest BCUT2D eigenvalue weighted by Crippen LogP contribution is 2.36. The minimum absolute atomic E-state index is 0.00348. The summed E-state index contributed by atoms with van der Waals surface area (Å²) in [6, 6.07) is 12.4. The summed E-state index contributed by atoms with van der Waals surface area (Å²) < 4.78 is 18.7. The highest BCUT2D eigenvalue weighted by Gasteiger charge is 2.29. The maximum atomic E-state index is 6.33. The van der Waals surface area contributed by atoms with Gasteiger partial charge in [0, 0.05) is 47.2 Å². The molecule has 0 aliphatic carbocycles.